The number of hydrogen-bond acceptors (Lipinski definition) is 5. The molecule has 6 heteroatoms. The quantitative estimate of drug-likeness (QED) is 0.859. The number of piperidine rings is 1. The number of aromatic nitrogens is 2. The van der Waals surface area contributed by atoms with Gasteiger partial charge in [-0.3, -0.25) is 9.78 Å². The minimum Gasteiger partial charge on any atom is -0.438 e. The van der Waals surface area contributed by atoms with E-state index in [9.17, 15) is 4.79 Å². The second-order valence-electron chi connectivity index (χ2n) is 5.01. The van der Waals surface area contributed by atoms with Gasteiger partial charge < -0.3 is 14.1 Å². The van der Waals surface area contributed by atoms with Gasteiger partial charge in [0.15, 0.2) is 6.39 Å². The van der Waals surface area contributed by atoms with Crippen molar-refractivity contribution in [1.82, 2.24) is 14.9 Å². The van der Waals surface area contributed by atoms with Crippen LogP contribution >= 0.6 is 0 Å². The maximum absolute atomic E-state index is 12.2. The van der Waals surface area contributed by atoms with Crippen LogP contribution in [0.15, 0.2) is 41.4 Å². The van der Waals surface area contributed by atoms with Gasteiger partial charge in [-0.05, 0) is 25.0 Å². The van der Waals surface area contributed by atoms with Crippen LogP contribution in [0, 0.1) is 0 Å². The van der Waals surface area contributed by atoms with Crippen LogP contribution in [-0.2, 0) is 11.3 Å². The summed E-state index contributed by atoms with van der Waals surface area (Å²) in [5.41, 5.74) is 0.899. The number of pyridine rings is 1. The number of amides is 1. The molecule has 0 spiro atoms. The summed E-state index contributed by atoms with van der Waals surface area (Å²) in [6.07, 6.45) is 6.37. The second-order valence-corrected chi connectivity index (χ2v) is 5.01. The molecule has 3 heterocycles. The third-order valence-corrected chi connectivity index (χ3v) is 3.50. The molecule has 2 aromatic heterocycles. The molecule has 1 aliphatic heterocycles. The molecule has 0 radical (unpaired) electrons. The Morgan fingerprint density at radius 1 is 1.48 bits per heavy atom. The summed E-state index contributed by atoms with van der Waals surface area (Å²) < 4.78 is 10.9. The molecule has 1 atom stereocenters. The van der Waals surface area contributed by atoms with Crippen molar-refractivity contribution in [2.75, 3.05) is 13.1 Å². The van der Waals surface area contributed by atoms with Crippen LogP contribution in [0.1, 0.15) is 29.1 Å². The van der Waals surface area contributed by atoms with Gasteiger partial charge in [0.2, 0.25) is 5.76 Å². The molecule has 6 nitrogen and oxygen atoms in total. The Labute approximate surface area is 122 Å². The van der Waals surface area contributed by atoms with Gasteiger partial charge in [-0.25, -0.2) is 4.98 Å². The van der Waals surface area contributed by atoms with Crippen LogP contribution in [0.2, 0.25) is 0 Å². The van der Waals surface area contributed by atoms with E-state index in [2.05, 4.69) is 9.97 Å². The van der Waals surface area contributed by atoms with Crippen LogP contribution in [0.3, 0.4) is 0 Å². The standard InChI is InChI=1S/C15H17N3O3/c19-15(14-8-16-11-21-14)18-7-3-5-13(9-18)20-10-12-4-1-2-6-17-12/h1-2,4,6,8,11,13H,3,5,7,9-10H2. The molecule has 1 unspecified atom stereocenters. The zero-order valence-corrected chi connectivity index (χ0v) is 11.6. The molecular formula is C15H17N3O3. The highest BCUT2D eigenvalue weighted by atomic mass is 16.5. The van der Waals surface area contributed by atoms with Gasteiger partial charge >= 0.3 is 0 Å². The lowest BCUT2D eigenvalue weighted by Crippen LogP contribution is -2.43. The summed E-state index contributed by atoms with van der Waals surface area (Å²) in [6.45, 7) is 1.77. The lowest BCUT2D eigenvalue weighted by molar-refractivity contribution is -0.00864. The molecule has 0 N–H and O–H groups in total. The van der Waals surface area contributed by atoms with Crippen LogP contribution in [0.4, 0.5) is 0 Å². The van der Waals surface area contributed by atoms with Crippen LogP contribution in [-0.4, -0.2) is 40.0 Å². The van der Waals surface area contributed by atoms with Crippen molar-refractivity contribution in [2.45, 2.75) is 25.6 Å². The van der Waals surface area contributed by atoms with E-state index < -0.39 is 0 Å². The summed E-state index contributed by atoms with van der Waals surface area (Å²) in [6, 6.07) is 5.74. The predicted octanol–water partition coefficient (Wildman–Crippen LogP) is 1.89. The van der Waals surface area contributed by atoms with E-state index in [1.807, 2.05) is 18.2 Å². The SMILES string of the molecule is O=C(c1cnco1)N1CCCC(OCc2ccccn2)C1. The van der Waals surface area contributed by atoms with E-state index in [1.54, 1.807) is 11.1 Å². The minimum atomic E-state index is -0.126. The van der Waals surface area contributed by atoms with Crippen molar-refractivity contribution in [2.24, 2.45) is 0 Å². The third kappa shape index (κ3) is 3.46. The van der Waals surface area contributed by atoms with Crippen LogP contribution in [0.5, 0.6) is 0 Å². The fourth-order valence-corrected chi connectivity index (χ4v) is 2.42. The Hall–Kier alpha value is -2.21. The number of carbonyl (C=O) groups is 1. The normalized spacial score (nSPS) is 18.7. The average Bonchev–Trinajstić information content (AvgIpc) is 3.08. The Morgan fingerprint density at radius 2 is 2.43 bits per heavy atom. The summed E-state index contributed by atoms with van der Waals surface area (Å²) in [5, 5.41) is 0. The van der Waals surface area contributed by atoms with Gasteiger partial charge in [0, 0.05) is 19.3 Å². The van der Waals surface area contributed by atoms with Crippen molar-refractivity contribution in [3.05, 3.63) is 48.4 Å². The van der Waals surface area contributed by atoms with E-state index in [-0.39, 0.29) is 17.8 Å². The van der Waals surface area contributed by atoms with Crippen molar-refractivity contribution >= 4 is 5.91 Å². The van der Waals surface area contributed by atoms with Gasteiger partial charge in [0.25, 0.3) is 5.91 Å². The first kappa shape index (κ1) is 13.8. The highest BCUT2D eigenvalue weighted by Gasteiger charge is 2.26. The molecule has 0 aliphatic carbocycles. The molecule has 0 aromatic carbocycles. The maximum atomic E-state index is 12.2. The number of hydrogen-bond donors (Lipinski definition) is 0. The number of ether oxygens (including phenoxy) is 1. The number of oxazole rings is 1. The lowest BCUT2D eigenvalue weighted by Gasteiger charge is -2.32. The third-order valence-electron chi connectivity index (χ3n) is 3.50. The smallest absolute Gasteiger partial charge is 0.291 e. The van der Waals surface area contributed by atoms with E-state index in [0.717, 1.165) is 25.1 Å². The highest BCUT2D eigenvalue weighted by Crippen LogP contribution is 2.17. The lowest BCUT2D eigenvalue weighted by atomic mass is 10.1. The molecular weight excluding hydrogens is 270 g/mol. The summed E-state index contributed by atoms with van der Waals surface area (Å²) in [5.74, 6) is 0.152. The zero-order chi connectivity index (χ0) is 14.5. The molecule has 3 rings (SSSR count). The number of likely N-dealkylation sites (tertiary alicyclic amines) is 1. The number of nitrogens with zero attached hydrogens (tertiary/aromatic N) is 3. The van der Waals surface area contributed by atoms with Crippen molar-refractivity contribution < 1.29 is 13.9 Å². The summed E-state index contributed by atoms with van der Waals surface area (Å²) in [4.78, 5) is 22.0. The van der Waals surface area contributed by atoms with E-state index in [1.165, 1.54) is 12.6 Å². The first-order chi connectivity index (χ1) is 10.3. The van der Waals surface area contributed by atoms with Crippen molar-refractivity contribution in [3.8, 4) is 0 Å². The van der Waals surface area contributed by atoms with Crippen LogP contribution in [0.25, 0.3) is 0 Å². The Bertz CT molecular complexity index is 571. The van der Waals surface area contributed by atoms with E-state index >= 15 is 0 Å². The molecule has 110 valence electrons. The van der Waals surface area contributed by atoms with Gasteiger partial charge in [0.1, 0.15) is 0 Å². The average molecular weight is 287 g/mol. The first-order valence-corrected chi connectivity index (χ1v) is 7.02. The maximum Gasteiger partial charge on any atom is 0.291 e. The number of rotatable bonds is 4. The van der Waals surface area contributed by atoms with Crippen molar-refractivity contribution in [3.63, 3.8) is 0 Å². The molecule has 0 bridgehead atoms. The van der Waals surface area contributed by atoms with E-state index in [4.69, 9.17) is 9.15 Å². The van der Waals surface area contributed by atoms with E-state index in [0.29, 0.717) is 13.2 Å². The largest absolute Gasteiger partial charge is 0.438 e. The molecule has 2 aromatic rings. The Morgan fingerprint density at radius 3 is 3.19 bits per heavy atom. The second kappa shape index (κ2) is 6.49. The Balaban J connectivity index is 1.55. The first-order valence-electron chi connectivity index (χ1n) is 7.02. The zero-order valence-electron chi connectivity index (χ0n) is 11.6. The fourth-order valence-electron chi connectivity index (χ4n) is 2.42. The fraction of sp³-hybridized carbons (Fsp3) is 0.400. The van der Waals surface area contributed by atoms with Gasteiger partial charge in [-0.2, -0.15) is 0 Å². The van der Waals surface area contributed by atoms with Gasteiger partial charge in [0.05, 0.1) is 24.6 Å². The highest BCUT2D eigenvalue weighted by molar-refractivity contribution is 5.91. The molecule has 1 saturated heterocycles. The Kier molecular flexibility index (Phi) is 4.25. The predicted molar refractivity (Wildman–Crippen MR) is 74.5 cm³/mol. The number of carbonyl (C=O) groups excluding carboxylic acids is 1. The molecule has 1 aliphatic rings. The minimum absolute atomic E-state index is 0.0348. The molecule has 1 amide bonds. The summed E-state index contributed by atoms with van der Waals surface area (Å²) in [7, 11) is 0. The molecule has 1 fully saturated rings. The molecule has 0 saturated carbocycles. The topological polar surface area (TPSA) is 68.5 Å². The van der Waals surface area contributed by atoms with Crippen molar-refractivity contribution in [1.29, 1.82) is 0 Å². The summed E-state index contributed by atoms with van der Waals surface area (Å²) >= 11 is 0. The van der Waals surface area contributed by atoms with Gasteiger partial charge in [-0.15, -0.1) is 0 Å². The van der Waals surface area contributed by atoms with Crippen LogP contribution < -0.4 is 0 Å². The van der Waals surface area contributed by atoms with Gasteiger partial charge in [-0.1, -0.05) is 6.07 Å². The molecule has 21 heavy (non-hydrogen) atoms. The monoisotopic (exact) mass is 287 g/mol.